The SMILES string of the molecule is CC(Cc1ccccc1)OC(=O)c1sccc1-n1cnnn1. The molecule has 0 aliphatic rings. The van der Waals surface area contributed by atoms with Crippen molar-refractivity contribution in [2.24, 2.45) is 0 Å². The van der Waals surface area contributed by atoms with Crippen LogP contribution in [0.15, 0.2) is 48.1 Å². The largest absolute Gasteiger partial charge is 0.458 e. The van der Waals surface area contributed by atoms with Gasteiger partial charge in [-0.15, -0.1) is 16.4 Å². The van der Waals surface area contributed by atoms with Crippen LogP contribution in [0.25, 0.3) is 5.69 Å². The van der Waals surface area contributed by atoms with Gasteiger partial charge in [-0.1, -0.05) is 30.3 Å². The van der Waals surface area contributed by atoms with Gasteiger partial charge >= 0.3 is 5.97 Å². The van der Waals surface area contributed by atoms with Gasteiger partial charge in [-0.05, 0) is 34.4 Å². The Morgan fingerprint density at radius 2 is 2.14 bits per heavy atom. The Morgan fingerprint density at radius 3 is 2.86 bits per heavy atom. The number of carbonyl (C=O) groups excluding carboxylic acids is 1. The second-order valence-corrected chi connectivity index (χ2v) is 5.71. The zero-order valence-electron chi connectivity index (χ0n) is 11.9. The van der Waals surface area contributed by atoms with Gasteiger partial charge in [0.05, 0.1) is 5.69 Å². The lowest BCUT2D eigenvalue weighted by atomic mass is 10.1. The Morgan fingerprint density at radius 1 is 1.32 bits per heavy atom. The monoisotopic (exact) mass is 314 g/mol. The summed E-state index contributed by atoms with van der Waals surface area (Å²) >= 11 is 1.31. The highest BCUT2D eigenvalue weighted by atomic mass is 32.1. The molecule has 0 spiro atoms. The van der Waals surface area contributed by atoms with Crippen molar-refractivity contribution in [3.8, 4) is 5.69 Å². The number of benzene rings is 1. The average Bonchev–Trinajstić information content (AvgIpc) is 3.19. The Hall–Kier alpha value is -2.54. The first-order valence-corrected chi connectivity index (χ1v) is 7.68. The summed E-state index contributed by atoms with van der Waals surface area (Å²) in [5.41, 5.74) is 1.77. The second-order valence-electron chi connectivity index (χ2n) is 4.80. The first kappa shape index (κ1) is 14.4. The third-order valence-electron chi connectivity index (χ3n) is 3.10. The third kappa shape index (κ3) is 3.20. The first-order valence-electron chi connectivity index (χ1n) is 6.80. The van der Waals surface area contributed by atoms with Gasteiger partial charge in [-0.25, -0.2) is 4.79 Å². The molecular weight excluding hydrogens is 300 g/mol. The number of thiophene rings is 1. The second kappa shape index (κ2) is 6.48. The maximum Gasteiger partial charge on any atom is 0.350 e. The summed E-state index contributed by atoms with van der Waals surface area (Å²) in [6.45, 7) is 1.88. The molecule has 112 valence electrons. The molecule has 2 aromatic heterocycles. The van der Waals surface area contributed by atoms with E-state index in [1.54, 1.807) is 6.07 Å². The maximum absolute atomic E-state index is 12.3. The van der Waals surface area contributed by atoms with E-state index >= 15 is 0 Å². The Kier molecular flexibility index (Phi) is 4.24. The van der Waals surface area contributed by atoms with Crippen molar-refractivity contribution in [3.63, 3.8) is 0 Å². The number of nitrogens with zero attached hydrogens (tertiary/aromatic N) is 4. The number of hydrogen-bond acceptors (Lipinski definition) is 6. The number of aromatic nitrogens is 4. The van der Waals surface area contributed by atoms with E-state index in [4.69, 9.17) is 4.74 Å². The third-order valence-corrected chi connectivity index (χ3v) is 3.98. The summed E-state index contributed by atoms with van der Waals surface area (Å²) in [6, 6.07) is 11.7. The minimum Gasteiger partial charge on any atom is -0.458 e. The molecule has 0 saturated heterocycles. The van der Waals surface area contributed by atoms with Crippen LogP contribution in [0, 0.1) is 0 Å². The molecule has 1 unspecified atom stereocenters. The molecule has 0 aliphatic heterocycles. The summed E-state index contributed by atoms with van der Waals surface area (Å²) in [7, 11) is 0. The molecule has 0 fully saturated rings. The number of rotatable bonds is 5. The van der Waals surface area contributed by atoms with Gasteiger partial charge in [0.1, 0.15) is 17.3 Å². The fourth-order valence-electron chi connectivity index (χ4n) is 2.13. The van der Waals surface area contributed by atoms with Crippen LogP contribution in [-0.2, 0) is 11.2 Å². The van der Waals surface area contributed by atoms with E-state index in [9.17, 15) is 4.79 Å². The highest BCUT2D eigenvalue weighted by Crippen LogP contribution is 2.22. The Bertz CT molecular complexity index is 740. The van der Waals surface area contributed by atoms with Crippen LogP contribution in [0.1, 0.15) is 22.2 Å². The molecule has 3 aromatic rings. The van der Waals surface area contributed by atoms with Gasteiger partial charge < -0.3 is 4.74 Å². The number of tetrazole rings is 1. The molecule has 0 amide bonds. The zero-order chi connectivity index (χ0) is 15.4. The Labute approximate surface area is 131 Å². The average molecular weight is 314 g/mol. The van der Waals surface area contributed by atoms with Crippen LogP contribution >= 0.6 is 11.3 Å². The molecule has 7 heteroatoms. The van der Waals surface area contributed by atoms with E-state index in [1.807, 2.05) is 42.6 Å². The zero-order valence-corrected chi connectivity index (χ0v) is 12.7. The summed E-state index contributed by atoms with van der Waals surface area (Å²) in [5.74, 6) is -0.357. The van der Waals surface area contributed by atoms with E-state index < -0.39 is 0 Å². The number of hydrogen-bond donors (Lipinski definition) is 0. The molecule has 1 atom stereocenters. The van der Waals surface area contributed by atoms with Crippen molar-refractivity contribution >= 4 is 17.3 Å². The number of esters is 1. The van der Waals surface area contributed by atoms with Crippen LogP contribution < -0.4 is 0 Å². The molecule has 22 heavy (non-hydrogen) atoms. The fraction of sp³-hybridized carbons (Fsp3) is 0.200. The fourth-order valence-corrected chi connectivity index (χ4v) is 2.89. The minimum atomic E-state index is -0.357. The van der Waals surface area contributed by atoms with Gasteiger partial charge in [0.25, 0.3) is 0 Å². The lowest BCUT2D eigenvalue weighted by molar-refractivity contribution is 0.0349. The van der Waals surface area contributed by atoms with E-state index in [0.717, 1.165) is 5.56 Å². The predicted octanol–water partition coefficient (Wildman–Crippen LogP) is 2.51. The lowest BCUT2D eigenvalue weighted by Crippen LogP contribution is -2.17. The summed E-state index contributed by atoms with van der Waals surface area (Å²) in [4.78, 5) is 12.8. The highest BCUT2D eigenvalue weighted by Gasteiger charge is 2.19. The molecule has 0 bridgehead atoms. The van der Waals surface area contributed by atoms with Crippen molar-refractivity contribution in [3.05, 3.63) is 58.5 Å². The molecule has 1 aromatic carbocycles. The smallest absolute Gasteiger partial charge is 0.350 e. The van der Waals surface area contributed by atoms with Crippen LogP contribution in [-0.4, -0.2) is 32.3 Å². The minimum absolute atomic E-state index is 0.210. The summed E-state index contributed by atoms with van der Waals surface area (Å²) < 4.78 is 6.98. The van der Waals surface area contributed by atoms with Gasteiger partial charge in [0.15, 0.2) is 0 Å². The van der Waals surface area contributed by atoms with Gasteiger partial charge in [-0.3, -0.25) is 0 Å². The molecule has 0 saturated carbocycles. The van der Waals surface area contributed by atoms with Crippen LogP contribution in [0.4, 0.5) is 0 Å². The van der Waals surface area contributed by atoms with E-state index in [0.29, 0.717) is 17.0 Å². The summed E-state index contributed by atoms with van der Waals surface area (Å²) in [6.07, 6.45) is 1.92. The topological polar surface area (TPSA) is 69.9 Å². The van der Waals surface area contributed by atoms with E-state index in [1.165, 1.54) is 22.3 Å². The quantitative estimate of drug-likeness (QED) is 0.677. The van der Waals surface area contributed by atoms with Crippen molar-refractivity contribution in [2.45, 2.75) is 19.4 Å². The Balaban J connectivity index is 1.69. The van der Waals surface area contributed by atoms with Gasteiger partial charge in [-0.2, -0.15) is 4.68 Å². The maximum atomic E-state index is 12.3. The molecule has 2 heterocycles. The van der Waals surface area contributed by atoms with E-state index in [-0.39, 0.29) is 12.1 Å². The lowest BCUT2D eigenvalue weighted by Gasteiger charge is -2.13. The standard InChI is InChI=1S/C15H14N4O2S/c1-11(9-12-5-3-2-4-6-12)21-15(20)14-13(7-8-22-14)19-10-16-17-18-19/h2-8,10-11H,9H2,1H3. The summed E-state index contributed by atoms with van der Waals surface area (Å²) in [5, 5.41) is 12.8. The number of ether oxygens (including phenoxy) is 1. The van der Waals surface area contributed by atoms with Crippen LogP contribution in [0.3, 0.4) is 0 Å². The normalized spacial score (nSPS) is 12.0. The van der Waals surface area contributed by atoms with Crippen molar-refractivity contribution < 1.29 is 9.53 Å². The first-order chi connectivity index (χ1) is 10.7. The molecule has 3 rings (SSSR count). The molecule has 0 N–H and O–H groups in total. The van der Waals surface area contributed by atoms with Crippen LogP contribution in [0.5, 0.6) is 0 Å². The van der Waals surface area contributed by atoms with Crippen molar-refractivity contribution in [1.82, 2.24) is 20.2 Å². The van der Waals surface area contributed by atoms with Gasteiger partial charge in [0, 0.05) is 6.42 Å². The molecule has 0 radical (unpaired) electrons. The number of carbonyl (C=O) groups is 1. The van der Waals surface area contributed by atoms with Crippen LogP contribution in [0.2, 0.25) is 0 Å². The highest BCUT2D eigenvalue weighted by molar-refractivity contribution is 7.12. The van der Waals surface area contributed by atoms with Gasteiger partial charge in [0.2, 0.25) is 0 Å². The van der Waals surface area contributed by atoms with Crippen molar-refractivity contribution in [2.75, 3.05) is 0 Å². The van der Waals surface area contributed by atoms with E-state index in [2.05, 4.69) is 15.5 Å². The predicted molar refractivity (Wildman–Crippen MR) is 82.1 cm³/mol. The molecule has 0 aliphatic carbocycles. The molecule has 6 nitrogen and oxygen atoms in total. The molecular formula is C15H14N4O2S. The van der Waals surface area contributed by atoms with Crippen molar-refractivity contribution in [1.29, 1.82) is 0 Å².